The zero-order chi connectivity index (χ0) is 16.5. The van der Waals surface area contributed by atoms with E-state index >= 15 is 0 Å². The van der Waals surface area contributed by atoms with Crippen LogP contribution in [0.2, 0.25) is 0 Å². The zero-order valence-electron chi connectivity index (χ0n) is 14.6. The van der Waals surface area contributed by atoms with Gasteiger partial charge in [-0.3, -0.25) is 0 Å². The van der Waals surface area contributed by atoms with Gasteiger partial charge in [0.1, 0.15) is 5.82 Å². The third-order valence-corrected chi connectivity index (χ3v) is 4.02. The number of aromatic nitrogens is 1. The van der Waals surface area contributed by atoms with Crippen LogP contribution in [0, 0.1) is 6.92 Å². The number of hydrogen-bond donors (Lipinski definition) is 2. The lowest BCUT2D eigenvalue weighted by atomic mass is 10.1. The number of pyridine rings is 1. The van der Waals surface area contributed by atoms with Crippen LogP contribution in [-0.2, 0) is 0 Å². The minimum atomic E-state index is 0.465. The van der Waals surface area contributed by atoms with E-state index in [1.54, 1.807) is 0 Å². The molecule has 0 bridgehead atoms. The van der Waals surface area contributed by atoms with Gasteiger partial charge in [-0.1, -0.05) is 50.8 Å². The first-order valence-electron chi connectivity index (χ1n) is 8.75. The third-order valence-electron chi connectivity index (χ3n) is 4.02. The molecule has 0 saturated heterocycles. The number of para-hydroxylation sites is 1. The average Bonchev–Trinajstić information content (AvgIpc) is 2.55. The smallest absolute Gasteiger partial charge is 0.126 e. The number of unbranched alkanes of at least 4 members (excludes halogenated alkanes) is 3. The number of nitrogens with one attached hydrogen (secondary N) is 2. The molecule has 1 unspecified atom stereocenters. The molecule has 2 rings (SSSR count). The third kappa shape index (κ3) is 5.93. The molecule has 1 aromatic heterocycles. The number of aryl methyl sites for hydroxylation is 1. The van der Waals surface area contributed by atoms with E-state index in [0.29, 0.717) is 6.04 Å². The van der Waals surface area contributed by atoms with Crippen molar-refractivity contribution < 1.29 is 0 Å². The normalized spacial score (nSPS) is 12.0. The highest BCUT2D eigenvalue weighted by Crippen LogP contribution is 2.21. The van der Waals surface area contributed by atoms with Gasteiger partial charge in [-0.05, 0) is 44.5 Å². The zero-order valence-corrected chi connectivity index (χ0v) is 14.6. The van der Waals surface area contributed by atoms with E-state index in [4.69, 9.17) is 0 Å². The Labute approximate surface area is 140 Å². The van der Waals surface area contributed by atoms with Gasteiger partial charge in [-0.15, -0.1) is 0 Å². The fourth-order valence-corrected chi connectivity index (χ4v) is 2.65. The Morgan fingerprint density at radius 3 is 2.48 bits per heavy atom. The van der Waals surface area contributed by atoms with Crippen molar-refractivity contribution in [1.29, 1.82) is 0 Å². The average molecular weight is 311 g/mol. The van der Waals surface area contributed by atoms with Crippen LogP contribution in [-0.4, -0.2) is 11.0 Å². The first kappa shape index (κ1) is 17.3. The second-order valence-corrected chi connectivity index (χ2v) is 6.22. The molecule has 124 valence electrons. The van der Waals surface area contributed by atoms with Gasteiger partial charge in [0, 0.05) is 11.7 Å². The van der Waals surface area contributed by atoms with Crippen LogP contribution in [0.25, 0.3) is 0 Å². The second kappa shape index (κ2) is 9.19. The molecule has 1 atom stereocenters. The topological polar surface area (TPSA) is 37.0 Å². The number of nitrogens with zero attached hydrogens (tertiary/aromatic N) is 1. The Kier molecular flexibility index (Phi) is 6.92. The Morgan fingerprint density at radius 2 is 1.78 bits per heavy atom. The standard InChI is InChI=1S/C20H29N3/c1-4-5-6-8-11-16(2)21-20-15-14-19(17(3)22-20)23-18-12-9-7-10-13-18/h7,9-10,12-16,23H,4-6,8,11H2,1-3H3,(H,21,22). The maximum absolute atomic E-state index is 4.68. The molecule has 0 aliphatic rings. The van der Waals surface area contributed by atoms with Crippen molar-refractivity contribution in [3.05, 3.63) is 48.2 Å². The van der Waals surface area contributed by atoms with E-state index in [-0.39, 0.29) is 0 Å². The largest absolute Gasteiger partial charge is 0.368 e. The quantitative estimate of drug-likeness (QED) is 0.566. The molecular formula is C20H29N3. The van der Waals surface area contributed by atoms with Crippen LogP contribution in [0.3, 0.4) is 0 Å². The molecule has 0 spiro atoms. The van der Waals surface area contributed by atoms with Crippen molar-refractivity contribution in [2.45, 2.75) is 58.9 Å². The maximum Gasteiger partial charge on any atom is 0.126 e. The van der Waals surface area contributed by atoms with Gasteiger partial charge in [0.05, 0.1) is 11.4 Å². The van der Waals surface area contributed by atoms with Gasteiger partial charge in [0.15, 0.2) is 0 Å². The van der Waals surface area contributed by atoms with Crippen LogP contribution in [0.1, 0.15) is 51.6 Å². The second-order valence-electron chi connectivity index (χ2n) is 6.22. The van der Waals surface area contributed by atoms with E-state index in [9.17, 15) is 0 Å². The molecule has 3 nitrogen and oxygen atoms in total. The summed E-state index contributed by atoms with van der Waals surface area (Å²) >= 11 is 0. The van der Waals surface area contributed by atoms with E-state index in [2.05, 4.69) is 53.7 Å². The summed E-state index contributed by atoms with van der Waals surface area (Å²) in [5.41, 5.74) is 3.15. The van der Waals surface area contributed by atoms with E-state index in [1.807, 2.05) is 25.1 Å². The van der Waals surface area contributed by atoms with Crippen molar-refractivity contribution in [1.82, 2.24) is 4.98 Å². The van der Waals surface area contributed by atoms with Crippen molar-refractivity contribution in [2.75, 3.05) is 10.6 Å². The molecule has 0 saturated carbocycles. The lowest BCUT2D eigenvalue weighted by Gasteiger charge is -2.16. The number of anilines is 3. The highest BCUT2D eigenvalue weighted by Gasteiger charge is 2.06. The summed E-state index contributed by atoms with van der Waals surface area (Å²) in [7, 11) is 0. The van der Waals surface area contributed by atoms with Gasteiger partial charge in [0.2, 0.25) is 0 Å². The molecule has 0 radical (unpaired) electrons. The van der Waals surface area contributed by atoms with Crippen LogP contribution >= 0.6 is 0 Å². The van der Waals surface area contributed by atoms with Crippen molar-refractivity contribution in [2.24, 2.45) is 0 Å². The summed E-state index contributed by atoms with van der Waals surface area (Å²) in [6.45, 7) is 6.53. The van der Waals surface area contributed by atoms with Crippen molar-refractivity contribution in [3.63, 3.8) is 0 Å². The number of rotatable bonds is 9. The summed E-state index contributed by atoms with van der Waals surface area (Å²) in [6, 6.07) is 14.8. The van der Waals surface area contributed by atoms with E-state index in [1.165, 1.54) is 32.1 Å². The van der Waals surface area contributed by atoms with Crippen LogP contribution in [0.5, 0.6) is 0 Å². The highest BCUT2D eigenvalue weighted by atomic mass is 15.0. The lowest BCUT2D eigenvalue weighted by Crippen LogP contribution is -2.16. The Hall–Kier alpha value is -2.03. The van der Waals surface area contributed by atoms with Crippen molar-refractivity contribution in [3.8, 4) is 0 Å². The minimum Gasteiger partial charge on any atom is -0.368 e. The monoisotopic (exact) mass is 311 g/mol. The molecule has 0 aliphatic heterocycles. The molecule has 2 aromatic rings. The van der Waals surface area contributed by atoms with Gasteiger partial charge >= 0.3 is 0 Å². The molecule has 0 fully saturated rings. The number of hydrogen-bond acceptors (Lipinski definition) is 3. The lowest BCUT2D eigenvalue weighted by molar-refractivity contribution is 0.593. The molecule has 0 aliphatic carbocycles. The molecule has 2 N–H and O–H groups in total. The maximum atomic E-state index is 4.68. The van der Waals surface area contributed by atoms with Gasteiger partial charge < -0.3 is 10.6 Å². The Bertz CT molecular complexity index is 581. The van der Waals surface area contributed by atoms with Gasteiger partial charge in [-0.2, -0.15) is 0 Å². The van der Waals surface area contributed by atoms with Crippen LogP contribution < -0.4 is 10.6 Å². The van der Waals surface area contributed by atoms with E-state index in [0.717, 1.165) is 22.9 Å². The first-order valence-corrected chi connectivity index (χ1v) is 8.75. The van der Waals surface area contributed by atoms with Crippen molar-refractivity contribution >= 4 is 17.2 Å². The SMILES string of the molecule is CCCCCCC(C)Nc1ccc(Nc2ccccc2)c(C)n1. The molecule has 3 heteroatoms. The minimum absolute atomic E-state index is 0.465. The van der Waals surface area contributed by atoms with Crippen LogP contribution in [0.4, 0.5) is 17.2 Å². The van der Waals surface area contributed by atoms with Gasteiger partial charge in [-0.25, -0.2) is 4.98 Å². The highest BCUT2D eigenvalue weighted by molar-refractivity contribution is 5.63. The summed E-state index contributed by atoms with van der Waals surface area (Å²) < 4.78 is 0. The fourth-order valence-electron chi connectivity index (χ4n) is 2.65. The molecule has 0 amide bonds. The summed E-state index contributed by atoms with van der Waals surface area (Å²) in [5, 5.41) is 6.92. The van der Waals surface area contributed by atoms with Crippen LogP contribution in [0.15, 0.2) is 42.5 Å². The summed E-state index contributed by atoms with van der Waals surface area (Å²) in [6.07, 6.45) is 6.44. The first-order chi connectivity index (χ1) is 11.2. The summed E-state index contributed by atoms with van der Waals surface area (Å²) in [5.74, 6) is 0.962. The predicted molar refractivity (Wildman–Crippen MR) is 101 cm³/mol. The predicted octanol–water partition coefficient (Wildman–Crippen LogP) is 5.90. The fraction of sp³-hybridized carbons (Fsp3) is 0.450. The molecular weight excluding hydrogens is 282 g/mol. The summed E-state index contributed by atoms with van der Waals surface area (Å²) in [4.78, 5) is 4.68. The molecule has 23 heavy (non-hydrogen) atoms. The van der Waals surface area contributed by atoms with E-state index < -0.39 is 0 Å². The molecule has 1 aromatic carbocycles. The van der Waals surface area contributed by atoms with Gasteiger partial charge in [0.25, 0.3) is 0 Å². The Balaban J connectivity index is 1.88. The molecule has 1 heterocycles. The number of benzene rings is 1. The Morgan fingerprint density at radius 1 is 1.00 bits per heavy atom.